The molecule has 0 aromatic heterocycles. The number of anilines is 1. The lowest BCUT2D eigenvalue weighted by atomic mass is 9.83. The van der Waals surface area contributed by atoms with E-state index in [2.05, 4.69) is 10.6 Å². The van der Waals surface area contributed by atoms with Gasteiger partial charge in [-0.05, 0) is 81.0 Å². The number of nitrogens with one attached hydrogen (secondary N) is 2. The summed E-state index contributed by atoms with van der Waals surface area (Å²) in [6.07, 6.45) is 3.11. The Kier molecular flexibility index (Phi) is 8.93. The molecule has 0 heterocycles. The molecule has 0 unspecified atom stereocenters. The highest BCUT2D eigenvalue weighted by molar-refractivity contribution is 7.92. The zero-order valence-corrected chi connectivity index (χ0v) is 25.5. The average Bonchev–Trinajstić information content (AvgIpc) is 3.61. The third-order valence-corrected chi connectivity index (χ3v) is 11.0. The van der Waals surface area contributed by atoms with Crippen LogP contribution in [0.4, 0.5) is 18.9 Å². The van der Waals surface area contributed by atoms with Crippen LogP contribution >= 0.6 is 0 Å². The van der Waals surface area contributed by atoms with Gasteiger partial charge in [0.15, 0.2) is 17.9 Å². The van der Waals surface area contributed by atoms with Gasteiger partial charge in [-0.3, -0.25) is 9.59 Å². The highest BCUT2D eigenvalue weighted by Crippen LogP contribution is 2.49. The van der Waals surface area contributed by atoms with Crippen LogP contribution in [0.15, 0.2) is 41.3 Å². The van der Waals surface area contributed by atoms with Gasteiger partial charge in [0, 0.05) is 24.7 Å². The number of carbonyl (C=O) groups is 3. The van der Waals surface area contributed by atoms with Crippen LogP contribution in [-0.4, -0.2) is 61.7 Å². The van der Waals surface area contributed by atoms with Crippen LogP contribution in [0.2, 0.25) is 0 Å². The number of halogens is 3. The molecule has 2 amide bonds. The van der Waals surface area contributed by atoms with Gasteiger partial charge in [-0.2, -0.15) is 8.78 Å². The number of aldehydes is 1. The molecule has 2 aromatic rings. The van der Waals surface area contributed by atoms with Gasteiger partial charge in [0.1, 0.15) is 11.4 Å². The lowest BCUT2D eigenvalue weighted by molar-refractivity contribution is -0.128. The Bertz CT molecular complexity index is 1590. The van der Waals surface area contributed by atoms with Crippen LogP contribution in [0.25, 0.3) is 0 Å². The van der Waals surface area contributed by atoms with Gasteiger partial charge in [0.2, 0.25) is 15.7 Å². The van der Waals surface area contributed by atoms with Crippen molar-refractivity contribution in [2.75, 3.05) is 12.4 Å². The number of alkyl halides is 2. The monoisotopic (exact) mass is 652 g/mol. The van der Waals surface area contributed by atoms with Crippen molar-refractivity contribution in [1.29, 1.82) is 0 Å². The SMILES string of the molecule is COc1cc(F)c(O[C@H]2CC[C@@](O)(C=O)CC2)cc1C(=O)N[C@@H]1[C@@H]2CC[C@@H](C2)[C@@H]1C(=O)Nc1cccc(S(=O)(=O)C(C)(F)F)c1. The average molecular weight is 653 g/mol. The van der Waals surface area contributed by atoms with Gasteiger partial charge in [-0.1, -0.05) is 6.07 Å². The number of ether oxygens (including phenoxy) is 2. The second-order valence-corrected chi connectivity index (χ2v) is 14.4. The Balaban J connectivity index is 1.33. The molecule has 3 aliphatic rings. The van der Waals surface area contributed by atoms with Crippen molar-refractivity contribution in [3.63, 3.8) is 0 Å². The first kappa shape index (κ1) is 32.7. The Morgan fingerprint density at radius 1 is 1.07 bits per heavy atom. The minimum Gasteiger partial charge on any atom is -0.496 e. The number of carbonyl (C=O) groups excluding carboxylic acids is 3. The summed E-state index contributed by atoms with van der Waals surface area (Å²) in [7, 11) is -3.68. The fourth-order valence-corrected chi connectivity index (χ4v) is 7.71. The second-order valence-electron chi connectivity index (χ2n) is 12.2. The van der Waals surface area contributed by atoms with Crippen LogP contribution < -0.4 is 20.1 Å². The number of hydrogen-bond acceptors (Lipinski definition) is 8. The molecule has 3 N–H and O–H groups in total. The Labute approximate surface area is 258 Å². The Morgan fingerprint density at radius 2 is 1.76 bits per heavy atom. The van der Waals surface area contributed by atoms with Gasteiger partial charge in [0.25, 0.3) is 5.91 Å². The van der Waals surface area contributed by atoms with E-state index in [-0.39, 0.29) is 54.4 Å². The lowest BCUT2D eigenvalue weighted by Crippen LogP contribution is -2.48. The van der Waals surface area contributed by atoms with Crippen molar-refractivity contribution in [2.45, 2.75) is 79.8 Å². The first-order chi connectivity index (χ1) is 21.2. The molecule has 0 spiro atoms. The quantitative estimate of drug-likeness (QED) is 0.323. The molecule has 4 atom stereocenters. The van der Waals surface area contributed by atoms with Crippen LogP contribution in [-0.2, 0) is 19.4 Å². The predicted molar refractivity (Wildman–Crippen MR) is 155 cm³/mol. The molecular formula is C31H35F3N2O8S. The van der Waals surface area contributed by atoms with E-state index >= 15 is 0 Å². The molecule has 2 bridgehead atoms. The second kappa shape index (κ2) is 12.3. The zero-order valence-electron chi connectivity index (χ0n) is 24.7. The molecule has 3 aliphatic carbocycles. The molecule has 45 heavy (non-hydrogen) atoms. The number of aliphatic hydroxyl groups is 1. The third kappa shape index (κ3) is 6.53. The van der Waals surface area contributed by atoms with Gasteiger partial charge in [-0.25, -0.2) is 12.8 Å². The summed E-state index contributed by atoms with van der Waals surface area (Å²) < 4.78 is 78.0. The first-order valence-electron chi connectivity index (χ1n) is 14.7. The largest absolute Gasteiger partial charge is 0.496 e. The van der Waals surface area contributed by atoms with E-state index in [1.54, 1.807) is 0 Å². The number of hydrogen-bond donors (Lipinski definition) is 3. The van der Waals surface area contributed by atoms with E-state index in [4.69, 9.17) is 9.47 Å². The number of sulfone groups is 1. The fourth-order valence-electron chi connectivity index (χ4n) is 6.76. The number of methoxy groups -OCH3 is 1. The predicted octanol–water partition coefficient (Wildman–Crippen LogP) is 4.26. The van der Waals surface area contributed by atoms with Crippen molar-refractivity contribution in [2.24, 2.45) is 17.8 Å². The van der Waals surface area contributed by atoms with Crippen LogP contribution in [0, 0.1) is 23.6 Å². The normalized spacial score (nSPS) is 27.9. The van der Waals surface area contributed by atoms with Crippen molar-refractivity contribution >= 4 is 33.6 Å². The molecule has 5 rings (SSSR count). The maximum Gasteiger partial charge on any atom is 0.347 e. The number of fused-ring (bicyclic) bond motifs is 2. The van der Waals surface area contributed by atoms with Gasteiger partial charge in [0.05, 0.1) is 29.6 Å². The topological polar surface area (TPSA) is 148 Å². The van der Waals surface area contributed by atoms with Crippen molar-refractivity contribution < 1.29 is 50.6 Å². The van der Waals surface area contributed by atoms with E-state index in [0.717, 1.165) is 31.0 Å². The maximum absolute atomic E-state index is 14.9. The molecular weight excluding hydrogens is 617 g/mol. The van der Waals surface area contributed by atoms with Crippen molar-refractivity contribution in [1.82, 2.24) is 5.32 Å². The van der Waals surface area contributed by atoms with Crippen LogP contribution in [0.5, 0.6) is 11.5 Å². The summed E-state index contributed by atoms with van der Waals surface area (Å²) in [6, 6.07) is 6.29. The molecule has 0 saturated heterocycles. The highest BCUT2D eigenvalue weighted by Gasteiger charge is 2.51. The summed E-state index contributed by atoms with van der Waals surface area (Å²) in [6.45, 7) is 0.284. The molecule has 3 fully saturated rings. The Morgan fingerprint density at radius 3 is 2.40 bits per heavy atom. The van der Waals surface area contributed by atoms with E-state index in [0.29, 0.717) is 25.5 Å². The molecule has 2 aromatic carbocycles. The minimum atomic E-state index is -4.96. The smallest absolute Gasteiger partial charge is 0.347 e. The van der Waals surface area contributed by atoms with Crippen molar-refractivity contribution in [3.05, 3.63) is 47.8 Å². The van der Waals surface area contributed by atoms with E-state index in [1.165, 1.54) is 25.3 Å². The van der Waals surface area contributed by atoms with E-state index < -0.39 is 61.3 Å². The summed E-state index contributed by atoms with van der Waals surface area (Å²) in [5.41, 5.74) is -1.43. The number of benzene rings is 2. The molecule has 0 aliphatic heterocycles. The molecule has 10 nitrogen and oxygen atoms in total. The van der Waals surface area contributed by atoms with Gasteiger partial charge < -0.3 is 30.0 Å². The van der Waals surface area contributed by atoms with E-state index in [1.807, 2.05) is 0 Å². The Hall–Kier alpha value is -3.65. The first-order valence-corrected chi connectivity index (χ1v) is 16.2. The molecule has 0 radical (unpaired) electrons. The third-order valence-electron chi connectivity index (χ3n) is 9.21. The number of amides is 2. The van der Waals surface area contributed by atoms with E-state index in [9.17, 15) is 41.1 Å². The zero-order chi connectivity index (χ0) is 32.7. The van der Waals surface area contributed by atoms with Gasteiger partial charge >= 0.3 is 5.25 Å². The van der Waals surface area contributed by atoms with Crippen LogP contribution in [0.3, 0.4) is 0 Å². The van der Waals surface area contributed by atoms with Gasteiger partial charge in [-0.15, -0.1) is 0 Å². The lowest BCUT2D eigenvalue weighted by Gasteiger charge is -2.32. The summed E-state index contributed by atoms with van der Waals surface area (Å²) in [5.74, 6) is -2.91. The molecule has 244 valence electrons. The molecule has 14 heteroatoms. The standard InChI is InChI=1S/C31H35F3N2O8S/c1-30(33,34)45(41,42)21-5-3-4-19(13-21)35-29(39)26-17-6-7-18(12-17)27(26)36-28(38)22-14-25(23(32)15-24(22)43-2)44-20-8-10-31(40,16-37)11-9-20/h3-5,13-18,20,26-27,40H,6-12H2,1-2H3,(H,35,39)(H,36,38)/t17-,18+,20-,26-,27+,31-/m0/s1. The summed E-state index contributed by atoms with van der Waals surface area (Å²) in [4.78, 5) is 37.6. The van der Waals surface area contributed by atoms with Crippen molar-refractivity contribution in [3.8, 4) is 11.5 Å². The number of rotatable bonds is 10. The summed E-state index contributed by atoms with van der Waals surface area (Å²) in [5, 5.41) is 11.7. The van der Waals surface area contributed by atoms with Crippen LogP contribution in [0.1, 0.15) is 62.2 Å². The summed E-state index contributed by atoms with van der Waals surface area (Å²) >= 11 is 0. The maximum atomic E-state index is 14.9. The highest BCUT2D eigenvalue weighted by atomic mass is 32.2. The fraction of sp³-hybridized carbons (Fsp3) is 0.516. The minimum absolute atomic E-state index is 0.0190. The molecule has 3 saturated carbocycles.